The molecule has 0 aliphatic heterocycles. The number of amides is 1. The van der Waals surface area contributed by atoms with E-state index in [0.717, 1.165) is 0 Å². The number of ether oxygens (including phenoxy) is 2. The number of rotatable bonds is 7. The molecule has 0 atom stereocenters. The maximum atomic E-state index is 12.1. The van der Waals surface area contributed by atoms with E-state index < -0.39 is 5.97 Å². The molecule has 0 spiro atoms. The van der Waals surface area contributed by atoms with Crippen molar-refractivity contribution >= 4 is 17.6 Å². The van der Waals surface area contributed by atoms with Gasteiger partial charge < -0.3 is 14.4 Å². The lowest BCUT2D eigenvalue weighted by Crippen LogP contribution is -2.33. The smallest absolute Gasteiger partial charge is 0.315 e. The van der Waals surface area contributed by atoms with Gasteiger partial charge in [-0.25, -0.2) is 0 Å². The number of methoxy groups -OCH3 is 2. The zero-order valence-corrected chi connectivity index (χ0v) is 11.8. The van der Waals surface area contributed by atoms with Crippen molar-refractivity contribution in [3.8, 4) is 5.75 Å². The molecule has 0 bridgehead atoms. The van der Waals surface area contributed by atoms with Crippen molar-refractivity contribution < 1.29 is 19.1 Å². The molecule has 1 amide bonds. The van der Waals surface area contributed by atoms with Crippen LogP contribution in [0.4, 0.5) is 5.69 Å². The summed E-state index contributed by atoms with van der Waals surface area (Å²) in [5.74, 6) is -0.145. The van der Waals surface area contributed by atoms with Gasteiger partial charge in [-0.15, -0.1) is 6.58 Å². The van der Waals surface area contributed by atoms with Crippen LogP contribution in [0, 0.1) is 0 Å². The summed E-state index contributed by atoms with van der Waals surface area (Å²) in [4.78, 5) is 24.9. The van der Waals surface area contributed by atoms with Crippen LogP contribution in [0.25, 0.3) is 0 Å². The Kier molecular flexibility index (Phi) is 6.29. The van der Waals surface area contributed by atoms with Gasteiger partial charge in [0, 0.05) is 12.2 Å². The lowest BCUT2D eigenvalue weighted by molar-refractivity contribution is -0.143. The van der Waals surface area contributed by atoms with Crippen molar-refractivity contribution in [2.24, 2.45) is 0 Å². The van der Waals surface area contributed by atoms with Crippen LogP contribution in [0.5, 0.6) is 5.75 Å². The third-order valence-corrected chi connectivity index (χ3v) is 2.77. The molecule has 1 rings (SSSR count). The van der Waals surface area contributed by atoms with Gasteiger partial charge in [-0.1, -0.05) is 6.08 Å². The largest absolute Gasteiger partial charge is 0.497 e. The normalized spacial score (nSPS) is 9.70. The molecule has 0 aliphatic carbocycles. The first kappa shape index (κ1) is 15.8. The highest BCUT2D eigenvalue weighted by Gasteiger charge is 2.18. The molecule has 0 heterocycles. The average Bonchev–Trinajstić information content (AvgIpc) is 2.48. The van der Waals surface area contributed by atoms with E-state index in [9.17, 15) is 9.59 Å². The van der Waals surface area contributed by atoms with Gasteiger partial charge in [-0.2, -0.15) is 0 Å². The van der Waals surface area contributed by atoms with Crippen LogP contribution < -0.4 is 9.64 Å². The summed E-state index contributed by atoms with van der Waals surface area (Å²) in [7, 11) is 2.84. The molecule has 0 aromatic heterocycles. The third kappa shape index (κ3) is 4.42. The Morgan fingerprint density at radius 2 is 1.90 bits per heavy atom. The monoisotopic (exact) mass is 277 g/mol. The van der Waals surface area contributed by atoms with Gasteiger partial charge in [0.2, 0.25) is 5.91 Å². The zero-order chi connectivity index (χ0) is 15.0. The van der Waals surface area contributed by atoms with Crippen molar-refractivity contribution in [1.82, 2.24) is 0 Å². The van der Waals surface area contributed by atoms with E-state index in [1.165, 1.54) is 12.0 Å². The first-order valence-electron chi connectivity index (χ1n) is 6.24. The second-order valence-corrected chi connectivity index (χ2v) is 4.07. The van der Waals surface area contributed by atoms with E-state index in [0.29, 0.717) is 24.4 Å². The van der Waals surface area contributed by atoms with Gasteiger partial charge in [-0.3, -0.25) is 9.59 Å². The van der Waals surface area contributed by atoms with Crippen LogP contribution >= 0.6 is 0 Å². The van der Waals surface area contributed by atoms with E-state index in [1.54, 1.807) is 37.5 Å². The molecular formula is C15H19NO4. The van der Waals surface area contributed by atoms with E-state index in [-0.39, 0.29) is 12.3 Å². The van der Waals surface area contributed by atoms with Crippen molar-refractivity contribution in [2.45, 2.75) is 12.8 Å². The number of benzene rings is 1. The van der Waals surface area contributed by atoms with Crippen LogP contribution in [-0.2, 0) is 14.3 Å². The molecule has 0 N–H and O–H groups in total. The van der Waals surface area contributed by atoms with Gasteiger partial charge >= 0.3 is 5.97 Å². The topological polar surface area (TPSA) is 55.8 Å². The predicted octanol–water partition coefficient (Wildman–Crippen LogP) is 2.17. The highest BCUT2D eigenvalue weighted by molar-refractivity contribution is 6.03. The Hall–Kier alpha value is -2.30. The van der Waals surface area contributed by atoms with E-state index in [2.05, 4.69) is 11.3 Å². The van der Waals surface area contributed by atoms with Gasteiger partial charge in [0.1, 0.15) is 12.2 Å². The number of carbonyl (C=O) groups excluding carboxylic acids is 2. The number of esters is 1. The van der Waals surface area contributed by atoms with Crippen LogP contribution in [0.3, 0.4) is 0 Å². The summed E-state index contributed by atoms with van der Waals surface area (Å²) in [6.45, 7) is 4.10. The fourth-order valence-corrected chi connectivity index (χ4v) is 1.67. The third-order valence-electron chi connectivity index (χ3n) is 2.77. The summed E-state index contributed by atoms with van der Waals surface area (Å²) in [5, 5.41) is 0. The number of anilines is 1. The van der Waals surface area contributed by atoms with Crippen molar-refractivity contribution in [3.05, 3.63) is 36.9 Å². The maximum absolute atomic E-state index is 12.1. The Balaban J connectivity index is 2.88. The van der Waals surface area contributed by atoms with Crippen LogP contribution in [-0.4, -0.2) is 32.6 Å². The van der Waals surface area contributed by atoms with Gasteiger partial charge in [0.15, 0.2) is 0 Å². The first-order valence-corrected chi connectivity index (χ1v) is 6.24. The summed E-state index contributed by atoms with van der Waals surface area (Å²) < 4.78 is 9.60. The van der Waals surface area contributed by atoms with E-state index in [1.807, 2.05) is 0 Å². The second kappa shape index (κ2) is 7.99. The lowest BCUT2D eigenvalue weighted by Gasteiger charge is -2.22. The summed E-state index contributed by atoms with van der Waals surface area (Å²) >= 11 is 0. The molecule has 0 fully saturated rings. The SMILES string of the molecule is C=CCCN(C(=O)CC(=O)OC)c1ccc(OC)cc1. The van der Waals surface area contributed by atoms with Crippen LogP contribution in [0.2, 0.25) is 0 Å². The minimum absolute atomic E-state index is 0.278. The fourth-order valence-electron chi connectivity index (χ4n) is 1.67. The van der Waals surface area contributed by atoms with E-state index >= 15 is 0 Å². The van der Waals surface area contributed by atoms with Crippen molar-refractivity contribution in [3.63, 3.8) is 0 Å². The minimum Gasteiger partial charge on any atom is -0.497 e. The van der Waals surface area contributed by atoms with Gasteiger partial charge in [0.25, 0.3) is 0 Å². The minimum atomic E-state index is -0.549. The predicted molar refractivity (Wildman–Crippen MR) is 76.8 cm³/mol. The molecule has 1 aromatic rings. The maximum Gasteiger partial charge on any atom is 0.315 e. The van der Waals surface area contributed by atoms with Crippen LogP contribution in [0.15, 0.2) is 36.9 Å². The van der Waals surface area contributed by atoms with Crippen molar-refractivity contribution in [2.75, 3.05) is 25.7 Å². The quantitative estimate of drug-likeness (QED) is 0.435. The molecule has 20 heavy (non-hydrogen) atoms. The molecule has 0 saturated carbocycles. The Bertz CT molecular complexity index is 467. The van der Waals surface area contributed by atoms with Gasteiger partial charge in [0.05, 0.1) is 14.2 Å². The molecule has 0 aliphatic rings. The average molecular weight is 277 g/mol. The molecule has 0 saturated heterocycles. The highest BCUT2D eigenvalue weighted by atomic mass is 16.5. The molecule has 0 unspecified atom stereocenters. The number of hydrogen-bond acceptors (Lipinski definition) is 4. The Morgan fingerprint density at radius 1 is 1.25 bits per heavy atom. The van der Waals surface area contributed by atoms with Crippen LogP contribution in [0.1, 0.15) is 12.8 Å². The summed E-state index contributed by atoms with van der Waals surface area (Å²) in [6, 6.07) is 7.08. The van der Waals surface area contributed by atoms with Crippen molar-refractivity contribution in [1.29, 1.82) is 0 Å². The fraction of sp³-hybridized carbons (Fsp3) is 0.333. The number of hydrogen-bond donors (Lipinski definition) is 0. The number of carbonyl (C=O) groups is 2. The molecular weight excluding hydrogens is 258 g/mol. The second-order valence-electron chi connectivity index (χ2n) is 4.07. The molecule has 1 aromatic carbocycles. The van der Waals surface area contributed by atoms with Gasteiger partial charge in [-0.05, 0) is 30.7 Å². The molecule has 5 heteroatoms. The standard InChI is InChI=1S/C15H19NO4/c1-4-5-10-16(14(17)11-15(18)20-3)12-6-8-13(19-2)9-7-12/h4,6-9H,1,5,10-11H2,2-3H3. The zero-order valence-electron chi connectivity index (χ0n) is 11.8. The highest BCUT2D eigenvalue weighted by Crippen LogP contribution is 2.20. The van der Waals surface area contributed by atoms with E-state index in [4.69, 9.17) is 4.74 Å². The summed E-state index contributed by atoms with van der Waals surface area (Å²) in [5.41, 5.74) is 0.710. The Morgan fingerprint density at radius 3 is 2.40 bits per heavy atom. The first-order chi connectivity index (χ1) is 9.62. The molecule has 0 radical (unpaired) electrons. The lowest BCUT2D eigenvalue weighted by atomic mass is 10.2. The molecule has 108 valence electrons. The summed E-state index contributed by atoms with van der Waals surface area (Å²) in [6.07, 6.45) is 2.08. The Labute approximate surface area is 118 Å². The number of nitrogens with zero attached hydrogens (tertiary/aromatic N) is 1. The molecule has 5 nitrogen and oxygen atoms in total.